The molecule has 0 saturated carbocycles. The molecule has 1 aliphatic rings. The Morgan fingerprint density at radius 2 is 1.85 bits per heavy atom. The van der Waals surface area contributed by atoms with Crippen LogP contribution in [0.25, 0.3) is 26.5 Å². The second-order valence-electron chi connectivity index (χ2n) is 11.5. The topological polar surface area (TPSA) is 108 Å². The van der Waals surface area contributed by atoms with E-state index >= 15 is 0 Å². The summed E-state index contributed by atoms with van der Waals surface area (Å²) in [4.78, 5) is 32.5. The van der Waals surface area contributed by atoms with E-state index in [1.807, 2.05) is 86.2 Å². The number of carbonyl (C=O) groups is 1. The lowest BCUT2D eigenvalue weighted by molar-refractivity contribution is -0.165. The Balaban J connectivity index is 1.32. The monoisotopic (exact) mass is 638 g/mol. The van der Waals surface area contributed by atoms with Crippen LogP contribution in [0.1, 0.15) is 42.5 Å². The van der Waals surface area contributed by atoms with Gasteiger partial charge in [-0.05, 0) is 93.8 Å². The molecular formula is C36H38N4O5S. The van der Waals surface area contributed by atoms with Gasteiger partial charge in [0.2, 0.25) is 6.29 Å². The number of aryl methyl sites for hydroxylation is 1. The van der Waals surface area contributed by atoms with Crippen LogP contribution in [0.5, 0.6) is 0 Å². The van der Waals surface area contributed by atoms with Crippen LogP contribution in [0, 0.1) is 19.8 Å². The Morgan fingerprint density at radius 1 is 1.09 bits per heavy atom. The average Bonchev–Trinajstić information content (AvgIpc) is 3.57. The number of aliphatic hydroxyl groups is 1. The first-order valence-electron chi connectivity index (χ1n) is 15.5. The molecule has 3 aromatic carbocycles. The molecule has 0 bridgehead atoms. The summed E-state index contributed by atoms with van der Waals surface area (Å²) in [6.07, 6.45) is 2.01. The minimum Gasteiger partial charge on any atom is -0.459 e. The highest BCUT2D eigenvalue weighted by atomic mass is 32.1. The average molecular weight is 639 g/mol. The molecule has 3 heterocycles. The maximum Gasteiger partial charge on any atom is 0.290 e. The molecule has 3 atom stereocenters. The maximum atomic E-state index is 14.1. The number of aromatic nitrogens is 3. The second-order valence-corrected chi connectivity index (χ2v) is 12.6. The van der Waals surface area contributed by atoms with E-state index in [1.54, 1.807) is 22.1 Å². The summed E-state index contributed by atoms with van der Waals surface area (Å²) >= 11 is 1.63. The maximum absolute atomic E-state index is 14.1. The molecular weight excluding hydrogens is 600 g/mol. The number of amides is 1. The van der Waals surface area contributed by atoms with Crippen LogP contribution in [0.3, 0.4) is 0 Å². The molecule has 0 saturated heterocycles. The van der Waals surface area contributed by atoms with Crippen molar-refractivity contribution in [2.75, 3.05) is 18.5 Å². The number of carbonyl (C=O) groups excluding carboxylic acids is 1. The zero-order chi connectivity index (χ0) is 32.4. The highest BCUT2D eigenvalue weighted by Crippen LogP contribution is 2.40. The standard InChI is InChI=1S/C36H38N4O5S/c1-5-44-36-27(12-9-19-41)28(32-23(3)39(4)40(35(32)43)26-10-7-6-8-11-26)21-30(45-36)33(42)37-25-16-14-24(15-17-25)34-38-29-18-13-22(2)20-31(29)46-34/h6-8,10-11,13-18,20-21,27-28,36,41H,5,9,12,19H2,1-4H3,(H,37,42)/t27-,28-,36+/m1/s1. The van der Waals surface area contributed by atoms with Crippen LogP contribution in [0.4, 0.5) is 5.69 Å². The Labute approximate surface area is 271 Å². The second kappa shape index (κ2) is 13.5. The number of ether oxygens (including phenoxy) is 2. The van der Waals surface area contributed by atoms with Crippen molar-refractivity contribution in [3.8, 4) is 16.3 Å². The molecule has 6 rings (SSSR count). The van der Waals surface area contributed by atoms with E-state index in [1.165, 1.54) is 5.56 Å². The molecule has 2 N–H and O–H groups in total. The van der Waals surface area contributed by atoms with E-state index in [0.717, 1.165) is 32.2 Å². The van der Waals surface area contributed by atoms with Crippen LogP contribution < -0.4 is 10.9 Å². The fraction of sp³-hybridized carbons (Fsp3) is 0.306. The first-order valence-corrected chi connectivity index (χ1v) is 16.3. The van der Waals surface area contributed by atoms with Crippen LogP contribution >= 0.6 is 11.3 Å². The van der Waals surface area contributed by atoms with Gasteiger partial charge >= 0.3 is 0 Å². The normalized spacial score (nSPS) is 17.9. The summed E-state index contributed by atoms with van der Waals surface area (Å²) in [6.45, 7) is 6.19. The van der Waals surface area contributed by atoms with E-state index in [-0.39, 0.29) is 23.8 Å². The van der Waals surface area contributed by atoms with Gasteiger partial charge in [0.15, 0.2) is 5.76 Å². The van der Waals surface area contributed by atoms with Crippen molar-refractivity contribution in [1.82, 2.24) is 14.3 Å². The van der Waals surface area contributed by atoms with Gasteiger partial charge in [0.1, 0.15) is 5.01 Å². The summed E-state index contributed by atoms with van der Waals surface area (Å²) in [6, 6.07) is 23.2. The summed E-state index contributed by atoms with van der Waals surface area (Å²) in [5, 5.41) is 13.6. The van der Waals surface area contributed by atoms with Crippen molar-refractivity contribution in [2.45, 2.75) is 45.8 Å². The third-order valence-electron chi connectivity index (χ3n) is 8.50. The van der Waals surface area contributed by atoms with Crippen molar-refractivity contribution in [2.24, 2.45) is 13.0 Å². The minimum atomic E-state index is -0.776. The molecule has 1 amide bonds. The van der Waals surface area contributed by atoms with Gasteiger partial charge in [-0.25, -0.2) is 9.67 Å². The van der Waals surface area contributed by atoms with Gasteiger partial charge in [0, 0.05) is 54.6 Å². The van der Waals surface area contributed by atoms with E-state index in [9.17, 15) is 14.7 Å². The molecule has 0 unspecified atom stereocenters. The molecule has 46 heavy (non-hydrogen) atoms. The number of nitrogens with one attached hydrogen (secondary N) is 1. The number of para-hydroxylation sites is 1. The molecule has 0 radical (unpaired) electrons. The number of benzene rings is 3. The molecule has 238 valence electrons. The molecule has 1 aliphatic heterocycles. The van der Waals surface area contributed by atoms with Crippen LogP contribution in [0.15, 0.2) is 89.4 Å². The zero-order valence-electron chi connectivity index (χ0n) is 26.4. The molecule has 5 aromatic rings. The Bertz CT molecular complexity index is 1940. The number of hydrogen-bond acceptors (Lipinski definition) is 7. The number of hydrogen-bond donors (Lipinski definition) is 2. The van der Waals surface area contributed by atoms with Crippen LogP contribution in [-0.4, -0.2) is 44.9 Å². The van der Waals surface area contributed by atoms with Crippen molar-refractivity contribution in [3.05, 3.63) is 112 Å². The van der Waals surface area contributed by atoms with Crippen molar-refractivity contribution < 1.29 is 19.4 Å². The molecule has 9 nitrogen and oxygen atoms in total. The molecule has 2 aromatic heterocycles. The van der Waals surface area contributed by atoms with Gasteiger partial charge in [-0.2, -0.15) is 0 Å². The fourth-order valence-corrected chi connectivity index (χ4v) is 7.19. The lowest BCUT2D eigenvalue weighted by Crippen LogP contribution is -2.39. The summed E-state index contributed by atoms with van der Waals surface area (Å²) < 4.78 is 16.8. The predicted octanol–water partition coefficient (Wildman–Crippen LogP) is 6.46. The van der Waals surface area contributed by atoms with E-state index in [0.29, 0.717) is 30.7 Å². The van der Waals surface area contributed by atoms with Gasteiger partial charge in [-0.3, -0.25) is 14.3 Å². The zero-order valence-corrected chi connectivity index (χ0v) is 27.2. The number of fused-ring (bicyclic) bond motifs is 1. The van der Waals surface area contributed by atoms with Crippen molar-refractivity contribution in [3.63, 3.8) is 0 Å². The lowest BCUT2D eigenvalue weighted by atomic mass is 9.80. The smallest absolute Gasteiger partial charge is 0.290 e. The number of aliphatic hydroxyl groups excluding tert-OH is 1. The Morgan fingerprint density at radius 3 is 2.57 bits per heavy atom. The molecule has 0 spiro atoms. The largest absolute Gasteiger partial charge is 0.459 e. The summed E-state index contributed by atoms with van der Waals surface area (Å²) in [5.74, 6) is -1.12. The molecule has 10 heteroatoms. The molecule has 0 fully saturated rings. The number of anilines is 1. The number of thiazole rings is 1. The van der Waals surface area contributed by atoms with Gasteiger partial charge < -0.3 is 19.9 Å². The van der Waals surface area contributed by atoms with Gasteiger partial charge in [0.25, 0.3) is 11.5 Å². The molecule has 0 aliphatic carbocycles. The number of rotatable bonds is 10. The number of allylic oxidation sites excluding steroid dienone is 1. The highest BCUT2D eigenvalue weighted by Gasteiger charge is 2.40. The summed E-state index contributed by atoms with van der Waals surface area (Å²) in [5.41, 5.74) is 5.65. The third kappa shape index (κ3) is 6.16. The van der Waals surface area contributed by atoms with Crippen LogP contribution in [0.2, 0.25) is 0 Å². The van der Waals surface area contributed by atoms with Gasteiger partial charge in [0.05, 0.1) is 15.9 Å². The van der Waals surface area contributed by atoms with E-state index < -0.39 is 18.1 Å². The first-order chi connectivity index (χ1) is 22.3. The predicted molar refractivity (Wildman–Crippen MR) is 181 cm³/mol. The minimum absolute atomic E-state index is 0.00615. The third-order valence-corrected chi connectivity index (χ3v) is 9.57. The van der Waals surface area contributed by atoms with Crippen LogP contribution in [-0.2, 0) is 21.3 Å². The number of nitrogens with zero attached hydrogens (tertiary/aromatic N) is 3. The van der Waals surface area contributed by atoms with Gasteiger partial charge in [-0.1, -0.05) is 24.3 Å². The van der Waals surface area contributed by atoms with Crippen molar-refractivity contribution in [1.29, 1.82) is 0 Å². The lowest BCUT2D eigenvalue weighted by Gasteiger charge is -2.36. The van der Waals surface area contributed by atoms with E-state index in [4.69, 9.17) is 14.5 Å². The SMILES string of the molecule is CCO[C@H]1OC(C(=O)Nc2ccc(-c3nc4ccc(C)cc4s3)cc2)=C[C@@H](c2c(C)n(C)n(-c3ccccc3)c2=O)[C@H]1CCCO. The Kier molecular flexibility index (Phi) is 9.21. The Hall–Kier alpha value is -4.51. The highest BCUT2D eigenvalue weighted by molar-refractivity contribution is 7.21. The quantitative estimate of drug-likeness (QED) is 0.182. The first kappa shape index (κ1) is 31.5. The fourth-order valence-electron chi connectivity index (χ4n) is 6.12. The van der Waals surface area contributed by atoms with Gasteiger partial charge in [-0.15, -0.1) is 11.3 Å². The van der Waals surface area contributed by atoms with Crippen molar-refractivity contribution >= 4 is 33.1 Å². The summed E-state index contributed by atoms with van der Waals surface area (Å²) in [7, 11) is 1.85. The van der Waals surface area contributed by atoms with E-state index in [2.05, 4.69) is 24.4 Å².